The summed E-state index contributed by atoms with van der Waals surface area (Å²) in [5.41, 5.74) is 5.70. The quantitative estimate of drug-likeness (QED) is 0.926. The molecule has 1 aromatic heterocycles. The summed E-state index contributed by atoms with van der Waals surface area (Å²) in [4.78, 5) is 4.16. The first-order valence-electron chi connectivity index (χ1n) is 6.06. The minimum absolute atomic E-state index is 0.144. The van der Waals surface area contributed by atoms with Crippen molar-refractivity contribution < 1.29 is 13.3 Å². The summed E-state index contributed by atoms with van der Waals surface area (Å²) in [7, 11) is 0. The van der Waals surface area contributed by atoms with Crippen LogP contribution in [0.1, 0.15) is 25.7 Å². The summed E-state index contributed by atoms with van der Waals surface area (Å²) in [6.45, 7) is 1.83. The molecule has 4 nitrogen and oxygen atoms in total. The van der Waals surface area contributed by atoms with Gasteiger partial charge in [0, 0.05) is 11.6 Å². The van der Waals surface area contributed by atoms with E-state index in [0.717, 1.165) is 31.0 Å². The Morgan fingerprint density at radius 2 is 1.89 bits per heavy atom. The van der Waals surface area contributed by atoms with Crippen LogP contribution in [0.25, 0.3) is 11.4 Å². The number of nitrogens with two attached hydrogens (primary N) is 1. The molecule has 1 atom stereocenters. The second kappa shape index (κ2) is 4.09. The van der Waals surface area contributed by atoms with Crippen molar-refractivity contribution >= 4 is 0 Å². The van der Waals surface area contributed by atoms with Crippen LogP contribution in [-0.4, -0.2) is 10.1 Å². The molecule has 0 spiro atoms. The number of aromatic nitrogens is 2. The fraction of sp³-hybridized carbons (Fsp3) is 0.385. The van der Waals surface area contributed by atoms with Crippen molar-refractivity contribution in [2.75, 3.05) is 0 Å². The molecule has 2 aromatic rings. The summed E-state index contributed by atoms with van der Waals surface area (Å²) in [5, 5.41) is 3.75. The molecule has 1 saturated carbocycles. The largest absolute Gasteiger partial charge is 0.337 e. The van der Waals surface area contributed by atoms with Crippen molar-refractivity contribution in [3.05, 3.63) is 35.7 Å². The first-order chi connectivity index (χ1) is 8.96. The van der Waals surface area contributed by atoms with E-state index >= 15 is 0 Å². The Balaban J connectivity index is 1.96. The van der Waals surface area contributed by atoms with Crippen LogP contribution >= 0.6 is 0 Å². The van der Waals surface area contributed by atoms with Crippen molar-refractivity contribution in [3.8, 4) is 11.4 Å². The van der Waals surface area contributed by atoms with Crippen LogP contribution in [0.4, 0.5) is 8.78 Å². The average molecular weight is 265 g/mol. The van der Waals surface area contributed by atoms with E-state index < -0.39 is 17.2 Å². The summed E-state index contributed by atoms with van der Waals surface area (Å²) in [6, 6.07) is 3.10. The monoisotopic (exact) mass is 265 g/mol. The maximum absolute atomic E-state index is 13.1. The van der Waals surface area contributed by atoms with Gasteiger partial charge in [-0.05, 0) is 37.8 Å². The lowest BCUT2D eigenvalue weighted by atomic mass is 9.97. The van der Waals surface area contributed by atoms with Gasteiger partial charge in [0.25, 0.3) is 0 Å². The number of hydrogen-bond donors (Lipinski definition) is 1. The zero-order valence-corrected chi connectivity index (χ0v) is 10.4. The van der Waals surface area contributed by atoms with Crippen LogP contribution in [0.15, 0.2) is 22.7 Å². The summed E-state index contributed by atoms with van der Waals surface area (Å²) < 4.78 is 31.4. The molecular formula is C13H13F2N3O. The van der Waals surface area contributed by atoms with Crippen LogP contribution in [-0.2, 0) is 5.54 Å². The third-order valence-electron chi connectivity index (χ3n) is 3.43. The van der Waals surface area contributed by atoms with Gasteiger partial charge >= 0.3 is 0 Å². The molecule has 1 heterocycles. The number of halogens is 2. The van der Waals surface area contributed by atoms with Gasteiger partial charge in [-0.25, -0.2) is 8.78 Å². The van der Waals surface area contributed by atoms with E-state index in [-0.39, 0.29) is 11.4 Å². The first-order valence-corrected chi connectivity index (χ1v) is 6.06. The predicted molar refractivity (Wildman–Crippen MR) is 63.9 cm³/mol. The number of hydrogen-bond acceptors (Lipinski definition) is 4. The molecule has 1 aromatic carbocycles. The Morgan fingerprint density at radius 1 is 1.26 bits per heavy atom. The minimum atomic E-state index is -0.683. The van der Waals surface area contributed by atoms with E-state index in [1.807, 2.05) is 6.92 Å². The van der Waals surface area contributed by atoms with Gasteiger partial charge in [-0.3, -0.25) is 0 Å². The zero-order chi connectivity index (χ0) is 13.6. The molecule has 1 unspecified atom stereocenters. The SMILES string of the molecule is CC(N)(c1nc(-c2cc(F)cc(F)c2)no1)C1CC1. The van der Waals surface area contributed by atoms with Gasteiger partial charge in [0.2, 0.25) is 11.7 Å². The highest BCUT2D eigenvalue weighted by Crippen LogP contribution is 2.43. The molecule has 0 aliphatic heterocycles. The fourth-order valence-corrected chi connectivity index (χ4v) is 2.10. The van der Waals surface area contributed by atoms with E-state index in [4.69, 9.17) is 10.3 Å². The zero-order valence-electron chi connectivity index (χ0n) is 10.4. The van der Waals surface area contributed by atoms with Crippen molar-refractivity contribution in [3.63, 3.8) is 0 Å². The Labute approximate surface area is 108 Å². The van der Waals surface area contributed by atoms with E-state index in [2.05, 4.69) is 10.1 Å². The van der Waals surface area contributed by atoms with Crippen molar-refractivity contribution in [1.82, 2.24) is 10.1 Å². The summed E-state index contributed by atoms with van der Waals surface area (Å²) in [5.74, 6) is -0.594. The lowest BCUT2D eigenvalue weighted by Crippen LogP contribution is -2.35. The van der Waals surface area contributed by atoms with E-state index in [1.165, 1.54) is 0 Å². The average Bonchev–Trinajstić information content (AvgIpc) is 3.06. The molecule has 1 aliphatic carbocycles. The lowest BCUT2D eigenvalue weighted by molar-refractivity contribution is 0.273. The van der Waals surface area contributed by atoms with Gasteiger partial charge < -0.3 is 10.3 Å². The van der Waals surface area contributed by atoms with Gasteiger partial charge in [0.15, 0.2) is 0 Å². The number of rotatable bonds is 3. The van der Waals surface area contributed by atoms with Crippen LogP contribution in [0.5, 0.6) is 0 Å². The Bertz CT molecular complexity index is 600. The third kappa shape index (κ3) is 2.23. The Hall–Kier alpha value is -1.82. The highest BCUT2D eigenvalue weighted by atomic mass is 19.1. The predicted octanol–water partition coefficient (Wildman–Crippen LogP) is 2.60. The van der Waals surface area contributed by atoms with Crippen LogP contribution in [0.3, 0.4) is 0 Å². The van der Waals surface area contributed by atoms with Crippen molar-refractivity contribution in [1.29, 1.82) is 0 Å². The molecule has 19 heavy (non-hydrogen) atoms. The molecular weight excluding hydrogens is 252 g/mol. The maximum atomic E-state index is 13.1. The minimum Gasteiger partial charge on any atom is -0.337 e. The molecule has 2 N–H and O–H groups in total. The standard InChI is InChI=1S/C13H13F2N3O/c1-13(16,8-2-3-8)12-17-11(18-19-12)7-4-9(14)6-10(15)5-7/h4-6,8H,2-3,16H2,1H3. The molecule has 0 bridgehead atoms. The highest BCUT2D eigenvalue weighted by molar-refractivity contribution is 5.54. The molecule has 0 amide bonds. The van der Waals surface area contributed by atoms with Gasteiger partial charge in [0.1, 0.15) is 11.6 Å². The van der Waals surface area contributed by atoms with E-state index in [1.54, 1.807) is 0 Å². The number of nitrogens with zero attached hydrogens (tertiary/aromatic N) is 2. The topological polar surface area (TPSA) is 64.9 Å². The van der Waals surface area contributed by atoms with E-state index in [0.29, 0.717) is 11.8 Å². The van der Waals surface area contributed by atoms with Gasteiger partial charge in [0.05, 0.1) is 5.54 Å². The summed E-state index contributed by atoms with van der Waals surface area (Å²) >= 11 is 0. The second-order valence-electron chi connectivity index (χ2n) is 5.14. The van der Waals surface area contributed by atoms with Gasteiger partial charge in [-0.2, -0.15) is 4.98 Å². The second-order valence-corrected chi connectivity index (χ2v) is 5.14. The Kier molecular flexibility index (Phi) is 2.63. The Morgan fingerprint density at radius 3 is 2.47 bits per heavy atom. The normalized spacial score (nSPS) is 18.3. The highest BCUT2D eigenvalue weighted by Gasteiger charge is 2.43. The maximum Gasteiger partial charge on any atom is 0.247 e. The van der Waals surface area contributed by atoms with Gasteiger partial charge in [-0.15, -0.1) is 0 Å². The van der Waals surface area contributed by atoms with Gasteiger partial charge in [-0.1, -0.05) is 5.16 Å². The summed E-state index contributed by atoms with van der Waals surface area (Å²) in [6.07, 6.45) is 2.05. The molecule has 3 rings (SSSR count). The lowest BCUT2D eigenvalue weighted by Gasteiger charge is -2.18. The fourth-order valence-electron chi connectivity index (χ4n) is 2.10. The van der Waals surface area contributed by atoms with Crippen LogP contribution in [0.2, 0.25) is 0 Å². The molecule has 1 fully saturated rings. The molecule has 1 aliphatic rings. The van der Waals surface area contributed by atoms with Crippen molar-refractivity contribution in [2.24, 2.45) is 11.7 Å². The number of benzene rings is 1. The molecule has 100 valence electrons. The van der Waals surface area contributed by atoms with Crippen molar-refractivity contribution in [2.45, 2.75) is 25.3 Å². The molecule has 6 heteroatoms. The third-order valence-corrected chi connectivity index (χ3v) is 3.43. The van der Waals surface area contributed by atoms with E-state index in [9.17, 15) is 8.78 Å². The van der Waals surface area contributed by atoms with Crippen LogP contribution in [0, 0.1) is 17.6 Å². The first kappa shape index (κ1) is 12.2. The smallest absolute Gasteiger partial charge is 0.247 e. The molecule has 0 radical (unpaired) electrons. The molecule has 0 saturated heterocycles. The van der Waals surface area contributed by atoms with Crippen LogP contribution < -0.4 is 5.73 Å².